The van der Waals surface area contributed by atoms with Crippen molar-refractivity contribution in [3.63, 3.8) is 0 Å². The van der Waals surface area contributed by atoms with Gasteiger partial charge < -0.3 is 4.74 Å². The van der Waals surface area contributed by atoms with Gasteiger partial charge in [0.05, 0.1) is 12.0 Å². The molecule has 0 aliphatic carbocycles. The Morgan fingerprint density at radius 3 is 2.54 bits per heavy atom. The molecule has 6 nitrogen and oxygen atoms in total. The minimum Gasteiger partial charge on any atom is -0.497 e. The highest BCUT2D eigenvalue weighted by Crippen LogP contribution is 2.30. The second kappa shape index (κ2) is 6.49. The van der Waals surface area contributed by atoms with Crippen molar-refractivity contribution < 1.29 is 13.2 Å². The molecule has 0 spiro atoms. The van der Waals surface area contributed by atoms with Crippen LogP contribution in [0.15, 0.2) is 35.2 Å². The average Bonchev–Trinajstić information content (AvgIpc) is 3.05. The van der Waals surface area contributed by atoms with Crippen LogP contribution in [-0.2, 0) is 10.0 Å². The van der Waals surface area contributed by atoms with Gasteiger partial charge in [-0.15, -0.1) is 0 Å². The molecule has 0 bridgehead atoms. The lowest BCUT2D eigenvalue weighted by molar-refractivity contribution is 0.412. The molecular weight excluding hydrogens is 326 g/mol. The number of sulfonamides is 1. The summed E-state index contributed by atoms with van der Waals surface area (Å²) in [5, 5.41) is 0. The molecule has 1 fully saturated rings. The zero-order valence-electron chi connectivity index (χ0n) is 14.1. The number of methoxy groups -OCH3 is 1. The number of aryl methyl sites for hydroxylation is 2. The Morgan fingerprint density at radius 1 is 1.17 bits per heavy atom. The van der Waals surface area contributed by atoms with E-state index in [9.17, 15) is 8.42 Å². The standard InChI is InChI=1S/C17H21N3O3S/c1-12-9-13(2)19-17(18-12)14-7-8-20(11-14)24(21,22)16-6-4-5-15(10-16)23-3/h4-6,9-10,14H,7-8,11H2,1-3H3/t14-/m0/s1. The van der Waals surface area contributed by atoms with Crippen LogP contribution < -0.4 is 4.74 Å². The first kappa shape index (κ1) is 16.9. The molecule has 0 unspecified atom stereocenters. The number of aromatic nitrogens is 2. The van der Waals surface area contributed by atoms with E-state index in [0.717, 1.165) is 23.6 Å². The maximum atomic E-state index is 12.8. The molecule has 2 heterocycles. The van der Waals surface area contributed by atoms with Crippen LogP contribution in [0.5, 0.6) is 5.75 Å². The maximum Gasteiger partial charge on any atom is 0.243 e. The van der Waals surface area contributed by atoms with Gasteiger partial charge in [0.1, 0.15) is 11.6 Å². The number of rotatable bonds is 4. The highest BCUT2D eigenvalue weighted by atomic mass is 32.2. The van der Waals surface area contributed by atoms with Gasteiger partial charge in [-0.2, -0.15) is 4.31 Å². The molecule has 0 N–H and O–H groups in total. The van der Waals surface area contributed by atoms with Gasteiger partial charge in [0.2, 0.25) is 10.0 Å². The quantitative estimate of drug-likeness (QED) is 0.848. The summed E-state index contributed by atoms with van der Waals surface area (Å²) in [6.07, 6.45) is 0.728. The lowest BCUT2D eigenvalue weighted by atomic mass is 10.1. The van der Waals surface area contributed by atoms with E-state index in [0.29, 0.717) is 18.8 Å². The van der Waals surface area contributed by atoms with Gasteiger partial charge in [-0.1, -0.05) is 6.07 Å². The molecule has 1 aliphatic heterocycles. The Kier molecular flexibility index (Phi) is 4.56. The Labute approximate surface area is 142 Å². The third kappa shape index (κ3) is 3.27. The fourth-order valence-corrected chi connectivity index (χ4v) is 4.54. The first-order valence-corrected chi connectivity index (χ1v) is 9.30. The largest absolute Gasteiger partial charge is 0.497 e. The molecule has 128 valence electrons. The topological polar surface area (TPSA) is 72.4 Å². The van der Waals surface area contributed by atoms with E-state index in [2.05, 4.69) is 9.97 Å². The van der Waals surface area contributed by atoms with E-state index in [-0.39, 0.29) is 10.8 Å². The summed E-state index contributed by atoms with van der Waals surface area (Å²) >= 11 is 0. The van der Waals surface area contributed by atoms with Crippen LogP contribution in [0.3, 0.4) is 0 Å². The first-order valence-electron chi connectivity index (χ1n) is 7.86. The summed E-state index contributed by atoms with van der Waals surface area (Å²) in [7, 11) is -2.01. The number of ether oxygens (including phenoxy) is 1. The SMILES string of the molecule is COc1cccc(S(=O)(=O)N2CC[C@H](c3nc(C)cc(C)n3)C2)c1. The van der Waals surface area contributed by atoms with E-state index >= 15 is 0 Å². The van der Waals surface area contributed by atoms with Crippen LogP contribution in [0.2, 0.25) is 0 Å². The minimum absolute atomic E-state index is 0.0315. The van der Waals surface area contributed by atoms with Gasteiger partial charge in [0, 0.05) is 36.5 Å². The summed E-state index contributed by atoms with van der Waals surface area (Å²) in [5.41, 5.74) is 1.82. The van der Waals surface area contributed by atoms with Gasteiger partial charge in [-0.3, -0.25) is 0 Å². The van der Waals surface area contributed by atoms with Gasteiger partial charge in [-0.05, 0) is 38.5 Å². The van der Waals surface area contributed by atoms with Crippen molar-refractivity contribution in [1.82, 2.24) is 14.3 Å². The van der Waals surface area contributed by atoms with Crippen molar-refractivity contribution in [2.24, 2.45) is 0 Å². The number of hydrogen-bond donors (Lipinski definition) is 0. The first-order chi connectivity index (χ1) is 11.4. The Bertz CT molecular complexity index is 832. The van der Waals surface area contributed by atoms with Crippen molar-refractivity contribution in [1.29, 1.82) is 0 Å². The lowest BCUT2D eigenvalue weighted by Crippen LogP contribution is -2.28. The Morgan fingerprint density at radius 2 is 1.88 bits per heavy atom. The molecule has 1 aromatic heterocycles. The monoisotopic (exact) mass is 347 g/mol. The normalized spacial score (nSPS) is 18.7. The second-order valence-electron chi connectivity index (χ2n) is 6.04. The van der Waals surface area contributed by atoms with Crippen molar-refractivity contribution in [3.05, 3.63) is 47.5 Å². The van der Waals surface area contributed by atoms with E-state index in [4.69, 9.17) is 4.74 Å². The smallest absolute Gasteiger partial charge is 0.243 e. The van der Waals surface area contributed by atoms with Gasteiger partial charge in [0.15, 0.2) is 0 Å². The van der Waals surface area contributed by atoms with Crippen molar-refractivity contribution in [2.45, 2.75) is 31.1 Å². The second-order valence-corrected chi connectivity index (χ2v) is 7.97. The van der Waals surface area contributed by atoms with E-state index in [1.807, 2.05) is 19.9 Å². The van der Waals surface area contributed by atoms with Crippen LogP contribution in [0.1, 0.15) is 29.6 Å². The molecule has 0 saturated carbocycles. The van der Waals surface area contributed by atoms with Crippen LogP contribution in [0.25, 0.3) is 0 Å². The highest BCUT2D eigenvalue weighted by Gasteiger charge is 2.34. The molecule has 2 aromatic rings. The minimum atomic E-state index is -3.53. The third-order valence-electron chi connectivity index (χ3n) is 4.19. The Hall–Kier alpha value is -1.99. The molecule has 1 atom stereocenters. The average molecular weight is 347 g/mol. The molecule has 7 heteroatoms. The molecule has 1 aromatic carbocycles. The number of benzene rings is 1. The Balaban J connectivity index is 1.83. The molecule has 0 amide bonds. The predicted molar refractivity (Wildman–Crippen MR) is 90.6 cm³/mol. The zero-order valence-corrected chi connectivity index (χ0v) is 14.9. The summed E-state index contributed by atoms with van der Waals surface area (Å²) in [4.78, 5) is 9.21. The molecule has 1 aliphatic rings. The zero-order chi connectivity index (χ0) is 17.3. The maximum absolute atomic E-state index is 12.8. The fraction of sp³-hybridized carbons (Fsp3) is 0.412. The third-order valence-corrected chi connectivity index (χ3v) is 6.06. The summed E-state index contributed by atoms with van der Waals surface area (Å²) in [6.45, 7) is 4.73. The van der Waals surface area contributed by atoms with Crippen LogP contribution in [-0.4, -0.2) is 42.9 Å². The van der Waals surface area contributed by atoms with Crippen molar-refractivity contribution >= 4 is 10.0 Å². The summed E-state index contributed by atoms with van der Waals surface area (Å²) < 4.78 is 32.3. The van der Waals surface area contributed by atoms with Crippen LogP contribution >= 0.6 is 0 Å². The number of nitrogens with zero attached hydrogens (tertiary/aromatic N) is 3. The predicted octanol–water partition coefficient (Wildman–Crippen LogP) is 2.28. The van der Waals surface area contributed by atoms with Crippen molar-refractivity contribution in [3.8, 4) is 5.75 Å². The lowest BCUT2D eigenvalue weighted by Gasteiger charge is -2.17. The molecular formula is C17H21N3O3S. The van der Waals surface area contributed by atoms with E-state index in [1.165, 1.54) is 11.4 Å². The summed E-state index contributed by atoms with van der Waals surface area (Å²) in [5.74, 6) is 1.30. The van der Waals surface area contributed by atoms with Crippen LogP contribution in [0, 0.1) is 13.8 Å². The van der Waals surface area contributed by atoms with Gasteiger partial charge in [-0.25, -0.2) is 18.4 Å². The summed E-state index contributed by atoms with van der Waals surface area (Å²) in [6, 6.07) is 8.49. The van der Waals surface area contributed by atoms with Gasteiger partial charge in [0.25, 0.3) is 0 Å². The fourth-order valence-electron chi connectivity index (χ4n) is 3.00. The van der Waals surface area contributed by atoms with E-state index in [1.54, 1.807) is 24.3 Å². The van der Waals surface area contributed by atoms with Gasteiger partial charge >= 0.3 is 0 Å². The molecule has 1 saturated heterocycles. The van der Waals surface area contributed by atoms with Crippen LogP contribution in [0.4, 0.5) is 0 Å². The molecule has 0 radical (unpaired) electrons. The highest BCUT2D eigenvalue weighted by molar-refractivity contribution is 7.89. The molecule has 3 rings (SSSR count). The van der Waals surface area contributed by atoms with E-state index < -0.39 is 10.0 Å². The van der Waals surface area contributed by atoms with Crippen molar-refractivity contribution in [2.75, 3.05) is 20.2 Å². The molecule has 24 heavy (non-hydrogen) atoms. The number of hydrogen-bond acceptors (Lipinski definition) is 5.